The van der Waals surface area contributed by atoms with E-state index in [2.05, 4.69) is 9.97 Å². The van der Waals surface area contributed by atoms with Gasteiger partial charge in [0.1, 0.15) is 5.82 Å². The number of nitrogens with two attached hydrogens (primary N) is 1. The van der Waals surface area contributed by atoms with E-state index in [0.717, 1.165) is 18.5 Å². The Hall–Kier alpha value is -0.900. The molecule has 3 N–H and O–H groups in total. The lowest BCUT2D eigenvalue weighted by atomic mass is 10.2. The molecular weight excluding hydrogens is 157 g/mol. The van der Waals surface area contributed by atoms with E-state index >= 15 is 0 Å². The number of hydrogen-bond donors (Lipinski definition) is 2. The van der Waals surface area contributed by atoms with Crippen molar-refractivity contribution in [3.05, 3.63) is 17.7 Å². The van der Waals surface area contributed by atoms with Gasteiger partial charge in [-0.15, -0.1) is 0 Å². The van der Waals surface area contributed by atoms with Crippen molar-refractivity contribution in [1.82, 2.24) is 9.97 Å². The molecular formula is C8H12FN3. The van der Waals surface area contributed by atoms with Gasteiger partial charge in [0.15, 0.2) is 6.17 Å². The summed E-state index contributed by atoms with van der Waals surface area (Å²) < 4.78 is 12.7. The molecule has 2 rings (SSSR count). The van der Waals surface area contributed by atoms with E-state index in [4.69, 9.17) is 5.73 Å². The zero-order valence-corrected chi connectivity index (χ0v) is 6.97. The SMILES string of the molecule is CC(F)c1ncc(C2(N)CC2)[nH]1. The van der Waals surface area contributed by atoms with Gasteiger partial charge in [0.25, 0.3) is 0 Å². The molecule has 1 unspecified atom stereocenters. The minimum Gasteiger partial charge on any atom is -0.342 e. The summed E-state index contributed by atoms with van der Waals surface area (Å²) in [6.45, 7) is 1.46. The lowest BCUT2D eigenvalue weighted by molar-refractivity contribution is 0.358. The Morgan fingerprint density at radius 3 is 2.83 bits per heavy atom. The maximum Gasteiger partial charge on any atom is 0.155 e. The maximum atomic E-state index is 12.7. The number of alkyl halides is 1. The number of aromatic nitrogens is 2. The third kappa shape index (κ3) is 1.12. The highest BCUT2D eigenvalue weighted by atomic mass is 19.1. The summed E-state index contributed by atoms with van der Waals surface area (Å²) in [7, 11) is 0. The van der Waals surface area contributed by atoms with E-state index in [0.29, 0.717) is 5.82 Å². The van der Waals surface area contributed by atoms with Crippen molar-refractivity contribution in [2.75, 3.05) is 0 Å². The molecule has 1 saturated carbocycles. The third-order valence-electron chi connectivity index (χ3n) is 2.30. The van der Waals surface area contributed by atoms with Crippen molar-refractivity contribution in [3.63, 3.8) is 0 Å². The Kier molecular flexibility index (Phi) is 1.48. The predicted molar refractivity (Wildman–Crippen MR) is 43.2 cm³/mol. The van der Waals surface area contributed by atoms with Crippen LogP contribution in [-0.2, 0) is 5.54 Å². The number of nitrogens with zero attached hydrogens (tertiary/aromatic N) is 1. The van der Waals surface area contributed by atoms with Gasteiger partial charge in [0.05, 0.1) is 17.4 Å². The molecule has 0 spiro atoms. The van der Waals surface area contributed by atoms with E-state index in [9.17, 15) is 4.39 Å². The van der Waals surface area contributed by atoms with Crippen molar-refractivity contribution < 1.29 is 4.39 Å². The molecule has 12 heavy (non-hydrogen) atoms. The van der Waals surface area contributed by atoms with Crippen LogP contribution < -0.4 is 5.73 Å². The highest BCUT2D eigenvalue weighted by molar-refractivity contribution is 5.21. The van der Waals surface area contributed by atoms with Gasteiger partial charge in [-0.25, -0.2) is 9.37 Å². The van der Waals surface area contributed by atoms with Crippen LogP contribution in [0.5, 0.6) is 0 Å². The molecule has 1 aliphatic rings. The zero-order valence-electron chi connectivity index (χ0n) is 6.97. The molecule has 3 nitrogen and oxygen atoms in total. The number of imidazole rings is 1. The van der Waals surface area contributed by atoms with Gasteiger partial charge in [0, 0.05) is 0 Å². The molecule has 0 aromatic carbocycles. The Labute approximate surface area is 70.2 Å². The van der Waals surface area contributed by atoms with E-state index in [1.54, 1.807) is 6.20 Å². The van der Waals surface area contributed by atoms with Crippen LogP contribution in [-0.4, -0.2) is 9.97 Å². The summed E-state index contributed by atoms with van der Waals surface area (Å²) >= 11 is 0. The van der Waals surface area contributed by atoms with Crippen molar-refractivity contribution >= 4 is 0 Å². The summed E-state index contributed by atoms with van der Waals surface area (Å²) in [4.78, 5) is 6.82. The van der Waals surface area contributed by atoms with Crippen molar-refractivity contribution in [3.8, 4) is 0 Å². The highest BCUT2D eigenvalue weighted by Gasteiger charge is 2.41. The molecule has 0 amide bonds. The topological polar surface area (TPSA) is 54.7 Å². The van der Waals surface area contributed by atoms with Crippen LogP contribution >= 0.6 is 0 Å². The average molecular weight is 169 g/mol. The van der Waals surface area contributed by atoms with Crippen molar-refractivity contribution in [1.29, 1.82) is 0 Å². The highest BCUT2D eigenvalue weighted by Crippen LogP contribution is 2.41. The molecule has 66 valence electrons. The van der Waals surface area contributed by atoms with Crippen molar-refractivity contribution in [2.45, 2.75) is 31.5 Å². The molecule has 0 aliphatic heterocycles. The number of rotatable bonds is 2. The number of hydrogen-bond acceptors (Lipinski definition) is 2. The first-order valence-corrected chi connectivity index (χ1v) is 4.10. The first kappa shape index (κ1) is 7.73. The fraction of sp³-hybridized carbons (Fsp3) is 0.625. The molecule has 0 radical (unpaired) electrons. The molecule has 1 atom stereocenters. The van der Waals surface area contributed by atoms with Crippen molar-refractivity contribution in [2.24, 2.45) is 5.73 Å². The van der Waals surface area contributed by atoms with Gasteiger partial charge in [0.2, 0.25) is 0 Å². The lowest BCUT2D eigenvalue weighted by Gasteiger charge is -2.03. The fourth-order valence-electron chi connectivity index (χ4n) is 1.20. The van der Waals surface area contributed by atoms with Gasteiger partial charge in [-0.3, -0.25) is 0 Å². The molecule has 1 heterocycles. The van der Waals surface area contributed by atoms with E-state index < -0.39 is 6.17 Å². The Bertz CT molecular complexity index is 288. The predicted octanol–water partition coefficient (Wildman–Crippen LogP) is 1.39. The first-order chi connectivity index (χ1) is 5.62. The van der Waals surface area contributed by atoms with Crippen LogP contribution in [0.1, 0.15) is 37.5 Å². The molecule has 1 aliphatic carbocycles. The largest absolute Gasteiger partial charge is 0.342 e. The maximum absolute atomic E-state index is 12.7. The molecule has 1 aromatic heterocycles. The number of halogens is 1. The first-order valence-electron chi connectivity index (χ1n) is 4.10. The van der Waals surface area contributed by atoms with Gasteiger partial charge >= 0.3 is 0 Å². The molecule has 0 bridgehead atoms. The number of aromatic amines is 1. The number of H-pyrrole nitrogens is 1. The van der Waals surface area contributed by atoms with Gasteiger partial charge in [-0.2, -0.15) is 0 Å². The second-order valence-electron chi connectivity index (χ2n) is 3.45. The quantitative estimate of drug-likeness (QED) is 0.702. The Morgan fingerprint density at radius 1 is 1.75 bits per heavy atom. The Morgan fingerprint density at radius 2 is 2.42 bits per heavy atom. The van der Waals surface area contributed by atoms with E-state index in [1.165, 1.54) is 6.92 Å². The minimum absolute atomic E-state index is 0.236. The standard InChI is InChI=1S/C8H12FN3/c1-5(9)7-11-4-6(12-7)8(10)2-3-8/h4-5H,2-3,10H2,1H3,(H,11,12). The zero-order chi connectivity index (χ0) is 8.77. The van der Waals surface area contributed by atoms with Gasteiger partial charge in [-0.1, -0.05) is 0 Å². The molecule has 0 saturated heterocycles. The summed E-state index contributed by atoms with van der Waals surface area (Å²) in [6.07, 6.45) is 2.53. The van der Waals surface area contributed by atoms with Crippen LogP contribution in [0.2, 0.25) is 0 Å². The lowest BCUT2D eigenvalue weighted by Crippen LogP contribution is -2.19. The average Bonchev–Trinajstić information content (AvgIpc) is 2.61. The minimum atomic E-state index is -1.04. The van der Waals surface area contributed by atoms with Crippen LogP contribution in [0, 0.1) is 0 Å². The summed E-state index contributed by atoms with van der Waals surface area (Å²) in [5.41, 5.74) is 6.51. The third-order valence-corrected chi connectivity index (χ3v) is 2.30. The normalized spacial score (nSPS) is 22.2. The monoisotopic (exact) mass is 169 g/mol. The van der Waals surface area contributed by atoms with E-state index in [1.807, 2.05) is 0 Å². The van der Waals surface area contributed by atoms with Crippen LogP contribution in [0.15, 0.2) is 6.20 Å². The van der Waals surface area contributed by atoms with Crippen LogP contribution in [0.25, 0.3) is 0 Å². The molecule has 4 heteroatoms. The summed E-state index contributed by atoms with van der Waals surface area (Å²) in [6, 6.07) is 0. The molecule has 1 fully saturated rings. The van der Waals surface area contributed by atoms with Gasteiger partial charge in [-0.05, 0) is 19.8 Å². The summed E-state index contributed by atoms with van der Waals surface area (Å²) in [5, 5.41) is 0. The van der Waals surface area contributed by atoms with E-state index in [-0.39, 0.29) is 5.54 Å². The smallest absolute Gasteiger partial charge is 0.155 e. The second kappa shape index (κ2) is 2.29. The number of nitrogens with one attached hydrogen (secondary N) is 1. The fourth-order valence-corrected chi connectivity index (χ4v) is 1.20. The summed E-state index contributed by atoms with van der Waals surface area (Å²) in [5.74, 6) is 0.377. The van der Waals surface area contributed by atoms with Gasteiger partial charge < -0.3 is 10.7 Å². The van der Waals surface area contributed by atoms with Crippen LogP contribution in [0.3, 0.4) is 0 Å². The Balaban J connectivity index is 2.25. The van der Waals surface area contributed by atoms with Crippen LogP contribution in [0.4, 0.5) is 4.39 Å². The second-order valence-corrected chi connectivity index (χ2v) is 3.45. The molecule has 1 aromatic rings.